The summed E-state index contributed by atoms with van der Waals surface area (Å²) in [4.78, 5) is 27.5. The maximum absolute atomic E-state index is 12.0. The summed E-state index contributed by atoms with van der Waals surface area (Å²) < 4.78 is 4.99. The molecule has 7 nitrogen and oxygen atoms in total. The first-order valence-corrected chi connectivity index (χ1v) is 7.83. The third-order valence-corrected chi connectivity index (χ3v) is 3.96. The van der Waals surface area contributed by atoms with E-state index in [2.05, 4.69) is 15.5 Å². The number of hydrogen-bond donors (Lipinski definition) is 2. The highest BCUT2D eigenvalue weighted by atomic mass is 16.6. The van der Waals surface area contributed by atoms with E-state index in [1.54, 1.807) is 11.8 Å². The smallest absolute Gasteiger partial charge is 0.409 e. The number of ether oxygens (including phenoxy) is 1. The van der Waals surface area contributed by atoms with Gasteiger partial charge in [-0.2, -0.15) is 0 Å². The Balaban J connectivity index is 1.65. The number of piperidine rings is 1. The van der Waals surface area contributed by atoms with E-state index in [-0.39, 0.29) is 18.0 Å². The summed E-state index contributed by atoms with van der Waals surface area (Å²) in [7, 11) is 0. The zero-order valence-corrected chi connectivity index (χ0v) is 12.8. The summed E-state index contributed by atoms with van der Waals surface area (Å²) in [5, 5.41) is 6.35. The Morgan fingerprint density at radius 3 is 2.48 bits per heavy atom. The van der Waals surface area contributed by atoms with E-state index in [4.69, 9.17) is 4.74 Å². The average molecular weight is 298 g/mol. The van der Waals surface area contributed by atoms with Gasteiger partial charge in [0.1, 0.15) is 0 Å². The second kappa shape index (κ2) is 8.19. The molecule has 2 amide bonds. The summed E-state index contributed by atoms with van der Waals surface area (Å²) in [6.07, 6.45) is 1.35. The van der Waals surface area contributed by atoms with Crippen LogP contribution in [0.4, 0.5) is 4.79 Å². The molecule has 7 heteroatoms. The van der Waals surface area contributed by atoms with Gasteiger partial charge in [0.2, 0.25) is 5.91 Å². The van der Waals surface area contributed by atoms with Gasteiger partial charge >= 0.3 is 6.09 Å². The van der Waals surface area contributed by atoms with Crippen LogP contribution in [0.2, 0.25) is 0 Å². The molecule has 0 aromatic carbocycles. The Kier molecular flexibility index (Phi) is 6.25. The number of amides is 2. The van der Waals surface area contributed by atoms with E-state index < -0.39 is 0 Å². The summed E-state index contributed by atoms with van der Waals surface area (Å²) in [6, 6.07) is 0.172. The molecule has 2 heterocycles. The van der Waals surface area contributed by atoms with Crippen molar-refractivity contribution < 1.29 is 14.3 Å². The molecule has 0 saturated carbocycles. The standard InChI is InChI=1S/C14H26N4O3/c1-2-21-14(20)18-7-3-12(4-8-18)16-13(19)11-17-9-5-15-6-10-17/h12,15H,2-11H2,1H3,(H,16,19). The van der Waals surface area contributed by atoms with Crippen LogP contribution in [0.3, 0.4) is 0 Å². The number of likely N-dealkylation sites (tertiary alicyclic amines) is 1. The second-order valence-electron chi connectivity index (χ2n) is 5.55. The Morgan fingerprint density at radius 2 is 1.86 bits per heavy atom. The number of rotatable bonds is 4. The lowest BCUT2D eigenvalue weighted by Crippen LogP contribution is -2.51. The zero-order chi connectivity index (χ0) is 15.1. The Morgan fingerprint density at radius 1 is 1.19 bits per heavy atom. The maximum Gasteiger partial charge on any atom is 0.409 e. The van der Waals surface area contributed by atoms with Gasteiger partial charge in [-0.15, -0.1) is 0 Å². The van der Waals surface area contributed by atoms with Gasteiger partial charge in [-0.05, 0) is 19.8 Å². The number of carbonyl (C=O) groups excluding carboxylic acids is 2. The first-order chi connectivity index (χ1) is 10.2. The van der Waals surface area contributed by atoms with Crippen molar-refractivity contribution >= 4 is 12.0 Å². The lowest BCUT2D eigenvalue weighted by molar-refractivity contribution is -0.123. The number of nitrogens with one attached hydrogen (secondary N) is 2. The molecule has 2 aliphatic rings. The Labute approximate surface area is 126 Å². The molecule has 2 N–H and O–H groups in total. The van der Waals surface area contributed by atoms with E-state index >= 15 is 0 Å². The van der Waals surface area contributed by atoms with Crippen molar-refractivity contribution in [1.82, 2.24) is 20.4 Å². The van der Waals surface area contributed by atoms with Gasteiger partial charge in [-0.3, -0.25) is 9.69 Å². The highest BCUT2D eigenvalue weighted by Gasteiger charge is 2.25. The van der Waals surface area contributed by atoms with E-state index in [1.807, 2.05) is 0 Å². The predicted molar refractivity (Wildman–Crippen MR) is 79.1 cm³/mol. The topological polar surface area (TPSA) is 73.9 Å². The Hall–Kier alpha value is -1.34. The predicted octanol–water partition coefficient (Wildman–Crippen LogP) is -0.371. The van der Waals surface area contributed by atoms with Crippen LogP contribution in [-0.2, 0) is 9.53 Å². The Bertz CT molecular complexity index is 350. The minimum atomic E-state index is -0.247. The molecule has 0 aromatic heterocycles. The monoisotopic (exact) mass is 298 g/mol. The number of nitrogens with zero attached hydrogens (tertiary/aromatic N) is 2. The summed E-state index contributed by atoms with van der Waals surface area (Å²) in [5.41, 5.74) is 0. The molecule has 0 aliphatic carbocycles. The van der Waals surface area contributed by atoms with E-state index in [0.29, 0.717) is 26.2 Å². The van der Waals surface area contributed by atoms with Gasteiger partial charge in [-0.1, -0.05) is 0 Å². The molecule has 120 valence electrons. The molecule has 2 aliphatic heterocycles. The van der Waals surface area contributed by atoms with Crippen LogP contribution in [0, 0.1) is 0 Å². The molecule has 2 fully saturated rings. The molecule has 21 heavy (non-hydrogen) atoms. The highest BCUT2D eigenvalue weighted by molar-refractivity contribution is 5.78. The van der Waals surface area contributed by atoms with E-state index in [9.17, 15) is 9.59 Å². The van der Waals surface area contributed by atoms with Crippen molar-refractivity contribution in [3.63, 3.8) is 0 Å². The van der Waals surface area contributed by atoms with Gasteiger partial charge in [0.25, 0.3) is 0 Å². The van der Waals surface area contributed by atoms with Crippen molar-refractivity contribution in [2.24, 2.45) is 0 Å². The van der Waals surface area contributed by atoms with Crippen molar-refractivity contribution in [3.05, 3.63) is 0 Å². The number of piperazine rings is 1. The van der Waals surface area contributed by atoms with Crippen LogP contribution in [0.15, 0.2) is 0 Å². The van der Waals surface area contributed by atoms with Crippen LogP contribution in [0.5, 0.6) is 0 Å². The van der Waals surface area contributed by atoms with Gasteiger partial charge in [0.05, 0.1) is 13.2 Å². The summed E-state index contributed by atoms with van der Waals surface area (Å²) in [5.74, 6) is 0.0893. The summed E-state index contributed by atoms with van der Waals surface area (Å²) in [6.45, 7) is 7.73. The third-order valence-electron chi connectivity index (χ3n) is 3.96. The van der Waals surface area contributed by atoms with Crippen LogP contribution < -0.4 is 10.6 Å². The van der Waals surface area contributed by atoms with Crippen molar-refractivity contribution in [2.75, 3.05) is 52.4 Å². The number of carbonyl (C=O) groups is 2. The fourth-order valence-electron chi connectivity index (χ4n) is 2.77. The molecule has 0 unspecified atom stereocenters. The molecule has 0 radical (unpaired) electrons. The maximum atomic E-state index is 12.0. The minimum Gasteiger partial charge on any atom is -0.450 e. The normalized spacial score (nSPS) is 21.1. The fourth-order valence-corrected chi connectivity index (χ4v) is 2.77. The quantitative estimate of drug-likeness (QED) is 0.741. The summed E-state index contributed by atoms with van der Waals surface area (Å²) >= 11 is 0. The molecule has 2 rings (SSSR count). The van der Waals surface area contributed by atoms with Crippen LogP contribution >= 0.6 is 0 Å². The molecular weight excluding hydrogens is 272 g/mol. The van der Waals surface area contributed by atoms with Crippen molar-refractivity contribution in [3.8, 4) is 0 Å². The molecule has 2 saturated heterocycles. The minimum absolute atomic E-state index is 0.0893. The molecule has 0 aromatic rings. The fraction of sp³-hybridized carbons (Fsp3) is 0.857. The molecule has 0 spiro atoms. The highest BCUT2D eigenvalue weighted by Crippen LogP contribution is 2.11. The largest absolute Gasteiger partial charge is 0.450 e. The molecule has 0 atom stereocenters. The van der Waals surface area contributed by atoms with Crippen LogP contribution in [-0.4, -0.2) is 80.3 Å². The van der Waals surface area contributed by atoms with Gasteiger partial charge in [0.15, 0.2) is 0 Å². The average Bonchev–Trinajstić information content (AvgIpc) is 2.49. The molecule has 0 bridgehead atoms. The first kappa shape index (κ1) is 16.0. The lowest BCUT2D eigenvalue weighted by atomic mass is 10.1. The van der Waals surface area contributed by atoms with Crippen molar-refractivity contribution in [2.45, 2.75) is 25.8 Å². The van der Waals surface area contributed by atoms with Gasteiger partial charge in [-0.25, -0.2) is 4.79 Å². The number of hydrogen-bond acceptors (Lipinski definition) is 5. The zero-order valence-electron chi connectivity index (χ0n) is 12.8. The van der Waals surface area contributed by atoms with E-state index in [0.717, 1.165) is 39.0 Å². The van der Waals surface area contributed by atoms with Gasteiger partial charge < -0.3 is 20.3 Å². The van der Waals surface area contributed by atoms with Crippen molar-refractivity contribution in [1.29, 1.82) is 0 Å². The lowest BCUT2D eigenvalue weighted by Gasteiger charge is -2.32. The first-order valence-electron chi connectivity index (χ1n) is 7.83. The van der Waals surface area contributed by atoms with Crippen LogP contribution in [0.1, 0.15) is 19.8 Å². The van der Waals surface area contributed by atoms with E-state index in [1.165, 1.54) is 0 Å². The second-order valence-corrected chi connectivity index (χ2v) is 5.55. The SMILES string of the molecule is CCOC(=O)N1CCC(NC(=O)CN2CCNCC2)CC1. The molecular formula is C14H26N4O3. The third kappa shape index (κ3) is 5.17. The van der Waals surface area contributed by atoms with Crippen LogP contribution in [0.25, 0.3) is 0 Å². The van der Waals surface area contributed by atoms with Gasteiger partial charge in [0, 0.05) is 45.3 Å².